The fraction of sp³-hybridized carbons (Fsp3) is 0.600. The maximum atomic E-state index is 11.9. The standard InChI is InChI=1S/C20H32N4O2/c1-6-21-20(24-12-15(2)18(14-24)19(25)26-5)22-11-16-7-9-17(10-8-16)13-23(3)4/h7-10,15,18H,6,11-14H2,1-5H3,(H,21,22). The Morgan fingerprint density at radius 2 is 1.92 bits per heavy atom. The minimum Gasteiger partial charge on any atom is -0.469 e. The molecule has 1 aliphatic rings. The van der Waals surface area contributed by atoms with Crippen molar-refractivity contribution in [2.45, 2.75) is 26.9 Å². The van der Waals surface area contributed by atoms with E-state index in [0.29, 0.717) is 13.1 Å². The number of guanidine groups is 1. The van der Waals surface area contributed by atoms with Crippen LogP contribution in [0.3, 0.4) is 0 Å². The van der Waals surface area contributed by atoms with Gasteiger partial charge in [-0.3, -0.25) is 4.79 Å². The highest BCUT2D eigenvalue weighted by Crippen LogP contribution is 2.24. The lowest BCUT2D eigenvalue weighted by atomic mass is 9.99. The maximum absolute atomic E-state index is 11.9. The van der Waals surface area contributed by atoms with Gasteiger partial charge in [-0.15, -0.1) is 0 Å². The third-order valence-corrected chi connectivity index (χ3v) is 4.68. The Hall–Kier alpha value is -2.08. The number of nitrogens with one attached hydrogen (secondary N) is 1. The van der Waals surface area contributed by atoms with Gasteiger partial charge in [0.15, 0.2) is 5.96 Å². The lowest BCUT2D eigenvalue weighted by Gasteiger charge is -2.21. The number of ether oxygens (including phenoxy) is 1. The van der Waals surface area contributed by atoms with Gasteiger partial charge in [0.25, 0.3) is 0 Å². The molecule has 2 rings (SSSR count). The van der Waals surface area contributed by atoms with Crippen molar-refractivity contribution in [3.8, 4) is 0 Å². The molecular weight excluding hydrogens is 328 g/mol. The van der Waals surface area contributed by atoms with E-state index in [2.05, 4.69) is 67.3 Å². The van der Waals surface area contributed by atoms with Gasteiger partial charge in [-0.25, -0.2) is 4.99 Å². The van der Waals surface area contributed by atoms with Gasteiger partial charge in [0.2, 0.25) is 0 Å². The van der Waals surface area contributed by atoms with E-state index >= 15 is 0 Å². The predicted molar refractivity (Wildman–Crippen MR) is 105 cm³/mol. The SMILES string of the molecule is CCNC(=NCc1ccc(CN(C)C)cc1)N1CC(C)C(C(=O)OC)C1. The number of esters is 1. The van der Waals surface area contributed by atoms with Crippen LogP contribution in [-0.4, -0.2) is 62.6 Å². The van der Waals surface area contributed by atoms with E-state index in [9.17, 15) is 4.79 Å². The van der Waals surface area contributed by atoms with Gasteiger partial charge in [0, 0.05) is 26.2 Å². The second-order valence-electron chi connectivity index (χ2n) is 7.24. The molecule has 1 fully saturated rings. The van der Waals surface area contributed by atoms with E-state index in [0.717, 1.165) is 25.6 Å². The molecule has 2 unspecified atom stereocenters. The quantitative estimate of drug-likeness (QED) is 0.477. The van der Waals surface area contributed by atoms with Crippen LogP contribution in [0.25, 0.3) is 0 Å². The molecule has 2 atom stereocenters. The predicted octanol–water partition coefficient (Wildman–Crippen LogP) is 1.95. The number of rotatable bonds is 6. The van der Waals surface area contributed by atoms with Gasteiger partial charge in [-0.1, -0.05) is 31.2 Å². The number of carbonyl (C=O) groups is 1. The molecular formula is C20H32N4O2. The minimum atomic E-state index is -0.132. The smallest absolute Gasteiger partial charge is 0.310 e. The Morgan fingerprint density at radius 3 is 2.50 bits per heavy atom. The molecule has 1 aromatic rings. The van der Waals surface area contributed by atoms with Gasteiger partial charge < -0.3 is 19.9 Å². The van der Waals surface area contributed by atoms with Crippen LogP contribution in [-0.2, 0) is 22.6 Å². The number of hydrogen-bond donors (Lipinski definition) is 1. The molecule has 0 amide bonds. The summed E-state index contributed by atoms with van der Waals surface area (Å²) >= 11 is 0. The maximum Gasteiger partial charge on any atom is 0.310 e. The van der Waals surface area contributed by atoms with Crippen LogP contribution in [0, 0.1) is 11.8 Å². The van der Waals surface area contributed by atoms with Crippen LogP contribution >= 0.6 is 0 Å². The van der Waals surface area contributed by atoms with Crippen LogP contribution in [0.2, 0.25) is 0 Å². The molecule has 1 aromatic carbocycles. The molecule has 6 heteroatoms. The lowest BCUT2D eigenvalue weighted by molar-refractivity contribution is -0.145. The third-order valence-electron chi connectivity index (χ3n) is 4.68. The number of benzene rings is 1. The second-order valence-corrected chi connectivity index (χ2v) is 7.24. The summed E-state index contributed by atoms with van der Waals surface area (Å²) in [5, 5.41) is 3.35. The molecule has 1 heterocycles. The van der Waals surface area contributed by atoms with Crippen molar-refractivity contribution in [1.29, 1.82) is 0 Å². The van der Waals surface area contributed by atoms with Gasteiger partial charge in [-0.2, -0.15) is 0 Å². The van der Waals surface area contributed by atoms with Crippen molar-refractivity contribution < 1.29 is 9.53 Å². The highest BCUT2D eigenvalue weighted by atomic mass is 16.5. The Balaban J connectivity index is 2.03. The average Bonchev–Trinajstić information content (AvgIpc) is 3.00. The van der Waals surface area contributed by atoms with E-state index in [1.807, 2.05) is 0 Å². The van der Waals surface area contributed by atoms with E-state index in [1.165, 1.54) is 18.2 Å². The summed E-state index contributed by atoms with van der Waals surface area (Å²) in [6, 6.07) is 8.58. The number of nitrogens with zero attached hydrogens (tertiary/aromatic N) is 3. The fourth-order valence-corrected chi connectivity index (χ4v) is 3.31. The largest absolute Gasteiger partial charge is 0.469 e. The molecule has 1 aliphatic heterocycles. The number of aliphatic imine (C=N–C) groups is 1. The zero-order valence-electron chi connectivity index (χ0n) is 16.7. The van der Waals surface area contributed by atoms with Crippen LogP contribution in [0.4, 0.5) is 0 Å². The summed E-state index contributed by atoms with van der Waals surface area (Å²) in [5.41, 5.74) is 2.48. The molecule has 0 spiro atoms. The van der Waals surface area contributed by atoms with Crippen LogP contribution in [0.15, 0.2) is 29.3 Å². The summed E-state index contributed by atoms with van der Waals surface area (Å²) < 4.78 is 4.93. The molecule has 1 N–H and O–H groups in total. The molecule has 0 saturated carbocycles. The lowest BCUT2D eigenvalue weighted by Crippen LogP contribution is -2.40. The van der Waals surface area contributed by atoms with Crippen molar-refractivity contribution >= 4 is 11.9 Å². The van der Waals surface area contributed by atoms with Crippen LogP contribution in [0.1, 0.15) is 25.0 Å². The third kappa shape index (κ3) is 5.46. The van der Waals surface area contributed by atoms with Gasteiger partial charge in [-0.05, 0) is 38.1 Å². The summed E-state index contributed by atoms with van der Waals surface area (Å²) in [6.45, 7) is 7.98. The molecule has 6 nitrogen and oxygen atoms in total. The number of methoxy groups -OCH3 is 1. The summed E-state index contributed by atoms with van der Waals surface area (Å²) in [4.78, 5) is 21.0. The monoisotopic (exact) mass is 360 g/mol. The molecule has 1 saturated heterocycles. The normalized spacial score (nSPS) is 20.5. The van der Waals surface area contributed by atoms with Gasteiger partial charge in [0.1, 0.15) is 0 Å². The molecule has 0 aromatic heterocycles. The Morgan fingerprint density at radius 1 is 1.27 bits per heavy atom. The molecule has 26 heavy (non-hydrogen) atoms. The number of hydrogen-bond acceptors (Lipinski definition) is 4. The Labute approximate surface area is 157 Å². The van der Waals surface area contributed by atoms with E-state index < -0.39 is 0 Å². The fourth-order valence-electron chi connectivity index (χ4n) is 3.31. The second kappa shape index (κ2) is 9.57. The van der Waals surface area contributed by atoms with Crippen LogP contribution in [0.5, 0.6) is 0 Å². The van der Waals surface area contributed by atoms with Gasteiger partial charge in [0.05, 0.1) is 19.6 Å². The summed E-state index contributed by atoms with van der Waals surface area (Å²) in [5.74, 6) is 0.904. The first-order chi connectivity index (χ1) is 12.4. The Bertz CT molecular complexity index is 613. The van der Waals surface area contributed by atoms with E-state index in [1.54, 1.807) is 0 Å². The molecule has 0 radical (unpaired) electrons. The minimum absolute atomic E-state index is 0.0887. The Kier molecular flexibility index (Phi) is 7.45. The van der Waals surface area contributed by atoms with Crippen molar-refractivity contribution in [3.63, 3.8) is 0 Å². The first-order valence-corrected chi connectivity index (χ1v) is 9.28. The highest BCUT2D eigenvalue weighted by molar-refractivity contribution is 5.82. The first-order valence-electron chi connectivity index (χ1n) is 9.28. The van der Waals surface area contributed by atoms with Crippen molar-refractivity contribution in [1.82, 2.24) is 15.1 Å². The van der Waals surface area contributed by atoms with Crippen molar-refractivity contribution in [3.05, 3.63) is 35.4 Å². The van der Waals surface area contributed by atoms with Gasteiger partial charge >= 0.3 is 5.97 Å². The highest BCUT2D eigenvalue weighted by Gasteiger charge is 2.36. The zero-order chi connectivity index (χ0) is 19.1. The molecule has 0 aliphatic carbocycles. The van der Waals surface area contributed by atoms with E-state index in [4.69, 9.17) is 9.73 Å². The number of carbonyl (C=O) groups excluding carboxylic acids is 1. The summed E-state index contributed by atoms with van der Waals surface area (Å²) in [7, 11) is 5.59. The van der Waals surface area contributed by atoms with Crippen molar-refractivity contribution in [2.24, 2.45) is 16.8 Å². The topological polar surface area (TPSA) is 57.2 Å². The van der Waals surface area contributed by atoms with Crippen LogP contribution < -0.4 is 5.32 Å². The molecule has 144 valence electrons. The number of likely N-dealkylation sites (tertiary alicyclic amines) is 1. The van der Waals surface area contributed by atoms with Crippen molar-refractivity contribution in [2.75, 3.05) is 40.8 Å². The van der Waals surface area contributed by atoms with E-state index in [-0.39, 0.29) is 17.8 Å². The summed E-state index contributed by atoms with van der Waals surface area (Å²) in [6.07, 6.45) is 0. The first kappa shape index (κ1) is 20.2. The average molecular weight is 361 g/mol. The zero-order valence-corrected chi connectivity index (χ0v) is 16.7. The molecule has 0 bridgehead atoms.